The normalized spacial score (nSPS) is 27.0. The fourth-order valence-electron chi connectivity index (χ4n) is 5.17. The highest BCUT2D eigenvalue weighted by atomic mass is 32.2. The van der Waals surface area contributed by atoms with E-state index >= 15 is 0 Å². The third-order valence-corrected chi connectivity index (χ3v) is 8.33. The second-order valence-corrected chi connectivity index (χ2v) is 10.7. The van der Waals surface area contributed by atoms with E-state index in [-0.39, 0.29) is 24.5 Å². The third kappa shape index (κ3) is 5.07. The number of rotatable bonds is 11. The van der Waals surface area contributed by atoms with Crippen molar-refractivity contribution in [2.75, 3.05) is 31.9 Å². The molecule has 0 saturated heterocycles. The SMILES string of the molecule is CCCSc1nc(NC2CC2c2ccc(OC)c(OC)c2)c2nnn([C@@H]3C[C@H](CCO)[C@@H](O)[C@H]3O)c2n1. The van der Waals surface area contributed by atoms with Gasteiger partial charge >= 0.3 is 0 Å². The summed E-state index contributed by atoms with van der Waals surface area (Å²) in [6, 6.07) is 5.66. The zero-order valence-electron chi connectivity index (χ0n) is 21.2. The van der Waals surface area contributed by atoms with Crippen molar-refractivity contribution in [1.29, 1.82) is 0 Å². The average Bonchev–Trinajstić information content (AvgIpc) is 3.46. The maximum atomic E-state index is 10.8. The minimum absolute atomic E-state index is 0.0457. The molecule has 200 valence electrons. The van der Waals surface area contributed by atoms with E-state index in [0.29, 0.717) is 46.5 Å². The molecule has 4 N–H and O–H groups in total. The summed E-state index contributed by atoms with van der Waals surface area (Å²) in [7, 11) is 3.26. The zero-order valence-corrected chi connectivity index (χ0v) is 22.1. The zero-order chi connectivity index (χ0) is 26.1. The van der Waals surface area contributed by atoms with Crippen molar-refractivity contribution in [3.05, 3.63) is 23.8 Å². The van der Waals surface area contributed by atoms with Crippen LogP contribution >= 0.6 is 11.8 Å². The number of nitrogens with one attached hydrogen (secondary N) is 1. The quantitative estimate of drug-likeness (QED) is 0.214. The lowest BCUT2D eigenvalue weighted by Gasteiger charge is -2.17. The number of anilines is 1. The molecule has 11 nitrogen and oxygen atoms in total. The van der Waals surface area contributed by atoms with Crippen molar-refractivity contribution in [1.82, 2.24) is 25.0 Å². The summed E-state index contributed by atoms with van der Waals surface area (Å²) < 4.78 is 12.4. The Balaban J connectivity index is 1.43. The third-order valence-electron chi connectivity index (χ3n) is 7.27. The number of fused-ring (bicyclic) bond motifs is 1. The Bertz CT molecular complexity index is 1240. The smallest absolute Gasteiger partial charge is 0.191 e. The molecule has 2 fully saturated rings. The van der Waals surface area contributed by atoms with Gasteiger partial charge in [0.2, 0.25) is 0 Å². The number of methoxy groups -OCH3 is 2. The largest absolute Gasteiger partial charge is 0.493 e. The Morgan fingerprint density at radius 3 is 2.65 bits per heavy atom. The van der Waals surface area contributed by atoms with Crippen LogP contribution in [0.15, 0.2) is 23.4 Å². The highest BCUT2D eigenvalue weighted by Gasteiger charge is 2.44. The van der Waals surface area contributed by atoms with Crippen LogP contribution in [0.4, 0.5) is 5.82 Å². The maximum Gasteiger partial charge on any atom is 0.191 e. The minimum atomic E-state index is -1.02. The first-order valence-corrected chi connectivity index (χ1v) is 13.7. The molecule has 0 amide bonds. The van der Waals surface area contributed by atoms with Crippen LogP contribution in [0.3, 0.4) is 0 Å². The minimum Gasteiger partial charge on any atom is -0.493 e. The van der Waals surface area contributed by atoms with E-state index in [1.165, 1.54) is 0 Å². The molecule has 1 aromatic carbocycles. The first-order valence-electron chi connectivity index (χ1n) is 12.7. The first kappa shape index (κ1) is 26.0. The Morgan fingerprint density at radius 1 is 1.11 bits per heavy atom. The van der Waals surface area contributed by atoms with Gasteiger partial charge in [-0.05, 0) is 49.3 Å². The van der Waals surface area contributed by atoms with Gasteiger partial charge in [0.15, 0.2) is 33.6 Å². The number of aromatic nitrogens is 5. The topological polar surface area (TPSA) is 148 Å². The molecular formula is C25H34N6O5S. The summed E-state index contributed by atoms with van der Waals surface area (Å²) in [6.07, 6.45) is 0.862. The van der Waals surface area contributed by atoms with Crippen molar-refractivity contribution in [3.8, 4) is 11.5 Å². The van der Waals surface area contributed by atoms with Crippen LogP contribution < -0.4 is 14.8 Å². The van der Waals surface area contributed by atoms with Crippen molar-refractivity contribution >= 4 is 28.7 Å². The van der Waals surface area contributed by atoms with Crippen molar-refractivity contribution in [2.45, 2.75) is 68.0 Å². The number of aliphatic hydroxyl groups excluding tert-OH is 3. The lowest BCUT2D eigenvalue weighted by Crippen LogP contribution is -2.30. The van der Waals surface area contributed by atoms with E-state index in [2.05, 4.69) is 28.6 Å². The highest BCUT2D eigenvalue weighted by Crippen LogP contribution is 2.46. The number of thioether (sulfide) groups is 1. The van der Waals surface area contributed by atoms with Crippen LogP contribution in [-0.4, -0.2) is 85.1 Å². The van der Waals surface area contributed by atoms with Gasteiger partial charge in [-0.3, -0.25) is 0 Å². The molecule has 2 aromatic heterocycles. The first-order chi connectivity index (χ1) is 18.0. The van der Waals surface area contributed by atoms with Crippen LogP contribution in [0.25, 0.3) is 11.2 Å². The van der Waals surface area contributed by atoms with Gasteiger partial charge in [-0.15, -0.1) is 5.10 Å². The molecule has 0 aliphatic heterocycles. The monoisotopic (exact) mass is 530 g/mol. The lowest BCUT2D eigenvalue weighted by molar-refractivity contribution is 0.00107. The molecular weight excluding hydrogens is 496 g/mol. The average molecular weight is 531 g/mol. The second-order valence-electron chi connectivity index (χ2n) is 9.67. The predicted molar refractivity (Wildman–Crippen MR) is 139 cm³/mol. The van der Waals surface area contributed by atoms with E-state index < -0.39 is 18.2 Å². The molecule has 2 aliphatic carbocycles. The second kappa shape index (κ2) is 11.0. The van der Waals surface area contributed by atoms with Crippen molar-refractivity contribution in [2.24, 2.45) is 5.92 Å². The van der Waals surface area contributed by atoms with E-state index in [4.69, 9.17) is 19.4 Å². The van der Waals surface area contributed by atoms with Crippen molar-refractivity contribution in [3.63, 3.8) is 0 Å². The molecule has 0 radical (unpaired) electrons. The summed E-state index contributed by atoms with van der Waals surface area (Å²) in [4.78, 5) is 9.49. The highest BCUT2D eigenvalue weighted by molar-refractivity contribution is 7.99. The number of ether oxygens (including phenoxy) is 2. The van der Waals surface area contributed by atoms with Gasteiger partial charge in [0.05, 0.1) is 26.4 Å². The summed E-state index contributed by atoms with van der Waals surface area (Å²) in [5.41, 5.74) is 2.22. The molecule has 5 rings (SSSR count). The van der Waals surface area contributed by atoms with Crippen LogP contribution in [0.5, 0.6) is 11.5 Å². The molecule has 2 heterocycles. The molecule has 0 spiro atoms. The fourth-order valence-corrected chi connectivity index (χ4v) is 5.86. The van der Waals surface area contributed by atoms with Crippen LogP contribution in [0.2, 0.25) is 0 Å². The summed E-state index contributed by atoms with van der Waals surface area (Å²) in [5.74, 6) is 2.96. The Hall–Kier alpha value is -2.67. The van der Waals surface area contributed by atoms with Crippen molar-refractivity contribution < 1.29 is 24.8 Å². The Morgan fingerprint density at radius 2 is 1.92 bits per heavy atom. The molecule has 2 saturated carbocycles. The molecule has 2 aliphatic rings. The molecule has 2 unspecified atom stereocenters. The maximum absolute atomic E-state index is 10.8. The van der Waals surface area contributed by atoms with Gasteiger partial charge < -0.3 is 30.1 Å². The van der Waals surface area contributed by atoms with Crippen LogP contribution in [0.1, 0.15) is 50.1 Å². The Kier molecular flexibility index (Phi) is 7.70. The lowest BCUT2D eigenvalue weighted by atomic mass is 10.0. The number of benzene rings is 1. The number of nitrogens with zero attached hydrogens (tertiary/aromatic N) is 5. The number of hydrogen-bond acceptors (Lipinski definition) is 11. The van der Waals surface area contributed by atoms with Crippen LogP contribution in [-0.2, 0) is 0 Å². The molecule has 3 aromatic rings. The summed E-state index contributed by atoms with van der Waals surface area (Å²) >= 11 is 1.56. The summed E-state index contributed by atoms with van der Waals surface area (Å²) in [5, 5.41) is 43.5. The van der Waals surface area contributed by atoms with Gasteiger partial charge in [0.1, 0.15) is 6.10 Å². The summed E-state index contributed by atoms with van der Waals surface area (Å²) in [6.45, 7) is 2.06. The standard InChI is InChI=1S/C25H34N6O5S/c1-4-9-37-25-27-23(26-16-12-15(16)13-5-6-18(35-2)19(11-13)36-3)20-24(28-25)31(30-29-20)17-10-14(7-8-32)21(33)22(17)34/h5-6,11,14-17,21-22,32-34H,4,7-10,12H2,1-3H3,(H,26,27,28)/t14-,15?,16?,17+,21+,22-/m0/s1. The molecule has 0 bridgehead atoms. The van der Waals surface area contributed by atoms with Gasteiger partial charge in [-0.2, -0.15) is 0 Å². The van der Waals surface area contributed by atoms with E-state index in [1.807, 2.05) is 12.1 Å². The van der Waals surface area contributed by atoms with Gasteiger partial charge in [0, 0.05) is 24.3 Å². The molecule has 37 heavy (non-hydrogen) atoms. The van der Waals surface area contributed by atoms with Gasteiger partial charge in [0.25, 0.3) is 0 Å². The molecule has 6 atom stereocenters. The fraction of sp³-hybridized carbons (Fsp3) is 0.600. The van der Waals surface area contributed by atoms with E-state index in [1.54, 1.807) is 30.7 Å². The van der Waals surface area contributed by atoms with Gasteiger partial charge in [-0.25, -0.2) is 14.6 Å². The predicted octanol–water partition coefficient (Wildman–Crippen LogP) is 2.37. The van der Waals surface area contributed by atoms with Crippen LogP contribution in [0, 0.1) is 5.92 Å². The van der Waals surface area contributed by atoms with E-state index in [0.717, 1.165) is 24.2 Å². The van der Waals surface area contributed by atoms with E-state index in [9.17, 15) is 15.3 Å². The molecule has 12 heteroatoms. The Labute approximate surface area is 219 Å². The van der Waals surface area contributed by atoms with Gasteiger partial charge in [-0.1, -0.05) is 30.0 Å². The number of aliphatic hydroxyl groups is 3. The number of hydrogen-bond donors (Lipinski definition) is 4.